The monoisotopic (exact) mass is 459 g/mol. The van der Waals surface area contributed by atoms with Gasteiger partial charge in [-0.15, -0.1) is 10.2 Å². The number of pyridine rings is 1. The number of carbonyl (C=O) groups is 1. The van der Waals surface area contributed by atoms with Gasteiger partial charge < -0.3 is 19.7 Å². The number of aromatic nitrogens is 3. The van der Waals surface area contributed by atoms with Crippen LogP contribution in [0.1, 0.15) is 23.6 Å². The summed E-state index contributed by atoms with van der Waals surface area (Å²) >= 11 is 12.6. The number of aliphatic hydroxyl groups is 1. The smallest absolute Gasteiger partial charge is 0.322 e. The van der Waals surface area contributed by atoms with Gasteiger partial charge >= 0.3 is 6.03 Å². The van der Waals surface area contributed by atoms with Gasteiger partial charge in [0.2, 0.25) is 11.8 Å². The Kier molecular flexibility index (Phi) is 6.22. The first-order chi connectivity index (χ1) is 14.9. The molecule has 0 aliphatic carbocycles. The molecule has 4 rings (SSSR count). The third kappa shape index (κ3) is 4.71. The number of hydrogen-bond donors (Lipinski definition) is 2. The summed E-state index contributed by atoms with van der Waals surface area (Å²) in [5.41, 5.74) is 3.78. The van der Waals surface area contributed by atoms with Gasteiger partial charge in [0, 0.05) is 30.0 Å². The van der Waals surface area contributed by atoms with E-state index in [1.165, 1.54) is 0 Å². The number of nitrogens with one attached hydrogen (secondary N) is 1. The Balaban J connectivity index is 1.43. The zero-order chi connectivity index (χ0) is 22.0. The molecule has 0 saturated heterocycles. The van der Waals surface area contributed by atoms with Crippen molar-refractivity contribution in [2.75, 3.05) is 18.4 Å². The van der Waals surface area contributed by atoms with Crippen LogP contribution in [0.5, 0.6) is 0 Å². The van der Waals surface area contributed by atoms with Gasteiger partial charge in [-0.25, -0.2) is 4.79 Å². The van der Waals surface area contributed by atoms with Gasteiger partial charge in [0.15, 0.2) is 0 Å². The predicted octanol–water partition coefficient (Wildman–Crippen LogP) is 4.56. The molecule has 0 unspecified atom stereocenters. The van der Waals surface area contributed by atoms with Crippen LogP contribution in [0, 0.1) is 6.92 Å². The average Bonchev–Trinajstić information content (AvgIpc) is 3.26. The molecule has 1 aliphatic rings. The van der Waals surface area contributed by atoms with E-state index in [-0.39, 0.29) is 24.4 Å². The molecule has 31 heavy (non-hydrogen) atoms. The van der Waals surface area contributed by atoms with Crippen LogP contribution in [-0.2, 0) is 6.61 Å². The zero-order valence-electron chi connectivity index (χ0n) is 16.6. The molecule has 0 saturated carbocycles. The minimum atomic E-state index is -0.333. The van der Waals surface area contributed by atoms with Crippen LogP contribution >= 0.6 is 23.2 Å². The van der Waals surface area contributed by atoms with Gasteiger partial charge in [0.05, 0.1) is 16.3 Å². The van der Waals surface area contributed by atoms with Gasteiger partial charge in [0.1, 0.15) is 6.61 Å². The van der Waals surface area contributed by atoms with Gasteiger partial charge in [0.25, 0.3) is 0 Å². The largest absolute Gasteiger partial charge is 0.418 e. The van der Waals surface area contributed by atoms with Gasteiger partial charge in [-0.1, -0.05) is 35.3 Å². The average molecular weight is 460 g/mol. The number of amides is 2. The SMILES string of the molecule is Cc1ccc(NC(=O)N2CC=C(c3ncc(-c4nnc(CO)o4)cc3Cl)CC2)cc1Cl. The highest BCUT2D eigenvalue weighted by atomic mass is 35.5. The lowest BCUT2D eigenvalue weighted by Gasteiger charge is -2.27. The van der Waals surface area contributed by atoms with E-state index >= 15 is 0 Å². The summed E-state index contributed by atoms with van der Waals surface area (Å²) in [6.07, 6.45) is 4.15. The summed E-state index contributed by atoms with van der Waals surface area (Å²) in [6, 6.07) is 6.92. The highest BCUT2D eigenvalue weighted by Gasteiger charge is 2.21. The summed E-state index contributed by atoms with van der Waals surface area (Å²) in [6.45, 7) is 2.54. The lowest BCUT2D eigenvalue weighted by Crippen LogP contribution is -2.38. The van der Waals surface area contributed by atoms with Crippen LogP contribution in [0.4, 0.5) is 10.5 Å². The summed E-state index contributed by atoms with van der Waals surface area (Å²) in [4.78, 5) is 18.7. The Labute approximate surface area is 188 Å². The Hall–Kier alpha value is -2.94. The first-order valence-electron chi connectivity index (χ1n) is 9.55. The number of urea groups is 1. The maximum absolute atomic E-state index is 12.6. The summed E-state index contributed by atoms with van der Waals surface area (Å²) in [5, 5.41) is 20.6. The maximum atomic E-state index is 12.6. The van der Waals surface area contributed by atoms with Gasteiger partial charge in [-0.2, -0.15) is 0 Å². The molecule has 2 N–H and O–H groups in total. The van der Waals surface area contributed by atoms with E-state index in [1.807, 2.05) is 25.1 Å². The fourth-order valence-corrected chi connectivity index (χ4v) is 3.64. The highest BCUT2D eigenvalue weighted by molar-refractivity contribution is 6.32. The summed E-state index contributed by atoms with van der Waals surface area (Å²) in [7, 11) is 0. The Morgan fingerprint density at radius 3 is 2.74 bits per heavy atom. The Bertz CT molecular complexity index is 1160. The van der Waals surface area contributed by atoms with Crippen molar-refractivity contribution in [3.63, 3.8) is 0 Å². The molecule has 2 amide bonds. The van der Waals surface area contributed by atoms with Crippen LogP contribution in [0.2, 0.25) is 10.0 Å². The lowest BCUT2D eigenvalue weighted by molar-refractivity contribution is 0.217. The second-order valence-corrected chi connectivity index (χ2v) is 7.85. The Morgan fingerprint density at radius 2 is 2.10 bits per heavy atom. The van der Waals surface area contributed by atoms with Crippen LogP contribution in [0.3, 0.4) is 0 Å². The quantitative estimate of drug-likeness (QED) is 0.592. The molecule has 0 atom stereocenters. The molecule has 3 aromatic rings. The minimum absolute atomic E-state index is 0.122. The van der Waals surface area contributed by atoms with Crippen molar-refractivity contribution in [2.24, 2.45) is 0 Å². The van der Waals surface area contributed by atoms with E-state index in [2.05, 4.69) is 20.5 Å². The van der Waals surface area contributed by atoms with E-state index < -0.39 is 0 Å². The number of halogens is 2. The fraction of sp³-hybridized carbons (Fsp3) is 0.238. The number of nitrogens with zero attached hydrogens (tertiary/aromatic N) is 4. The molecular weight excluding hydrogens is 441 g/mol. The van der Waals surface area contributed by atoms with E-state index in [0.29, 0.717) is 46.5 Å². The number of rotatable bonds is 4. The zero-order valence-corrected chi connectivity index (χ0v) is 18.1. The van der Waals surface area contributed by atoms with Crippen molar-refractivity contribution in [3.8, 4) is 11.5 Å². The second kappa shape index (κ2) is 9.05. The molecule has 2 aromatic heterocycles. The Morgan fingerprint density at radius 1 is 1.26 bits per heavy atom. The van der Waals surface area contributed by atoms with Crippen LogP contribution in [0.15, 0.2) is 41.0 Å². The first-order valence-corrected chi connectivity index (χ1v) is 10.3. The molecule has 0 radical (unpaired) electrons. The molecule has 160 valence electrons. The molecule has 10 heteroatoms. The number of aliphatic hydroxyl groups excluding tert-OH is 1. The summed E-state index contributed by atoms with van der Waals surface area (Å²) < 4.78 is 5.32. The van der Waals surface area contributed by atoms with E-state index in [9.17, 15) is 4.79 Å². The van der Waals surface area contributed by atoms with Crippen molar-refractivity contribution < 1.29 is 14.3 Å². The topological polar surface area (TPSA) is 104 Å². The van der Waals surface area contributed by atoms with E-state index in [1.54, 1.807) is 23.2 Å². The molecule has 3 heterocycles. The molecular formula is C21H19Cl2N5O3. The minimum Gasteiger partial charge on any atom is -0.418 e. The van der Waals surface area contributed by atoms with Gasteiger partial charge in [-0.05, 0) is 42.7 Å². The van der Waals surface area contributed by atoms with Crippen LogP contribution in [0.25, 0.3) is 17.0 Å². The number of carbonyl (C=O) groups excluding carboxylic acids is 1. The number of benzene rings is 1. The fourth-order valence-electron chi connectivity index (χ4n) is 3.17. The van der Waals surface area contributed by atoms with Crippen LogP contribution < -0.4 is 5.32 Å². The highest BCUT2D eigenvalue weighted by Crippen LogP contribution is 2.30. The third-order valence-corrected chi connectivity index (χ3v) is 5.61. The maximum Gasteiger partial charge on any atom is 0.322 e. The first kappa shape index (κ1) is 21.3. The van der Waals surface area contributed by atoms with Crippen LogP contribution in [-0.4, -0.2) is 44.3 Å². The standard InChI is InChI=1S/C21H19Cl2N5O3/c1-12-2-3-15(9-16(12)22)25-21(30)28-6-4-13(5-7-28)19-17(23)8-14(10-24-19)20-27-26-18(11-29)31-20/h2-4,8-10,29H,5-7,11H2,1H3,(H,25,30). The van der Waals surface area contributed by atoms with E-state index in [0.717, 1.165) is 11.1 Å². The number of anilines is 1. The van der Waals surface area contributed by atoms with Crippen molar-refractivity contribution in [3.05, 3.63) is 63.7 Å². The van der Waals surface area contributed by atoms with Gasteiger partial charge in [-0.3, -0.25) is 4.98 Å². The van der Waals surface area contributed by atoms with Crippen molar-refractivity contribution >= 4 is 40.5 Å². The molecule has 0 fully saturated rings. The third-order valence-electron chi connectivity index (χ3n) is 4.91. The predicted molar refractivity (Wildman–Crippen MR) is 118 cm³/mol. The number of aryl methyl sites for hydroxylation is 1. The van der Waals surface area contributed by atoms with Crippen molar-refractivity contribution in [1.29, 1.82) is 0 Å². The van der Waals surface area contributed by atoms with Crippen molar-refractivity contribution in [1.82, 2.24) is 20.1 Å². The summed E-state index contributed by atoms with van der Waals surface area (Å²) in [5.74, 6) is 0.359. The van der Waals surface area contributed by atoms with Crippen molar-refractivity contribution in [2.45, 2.75) is 20.0 Å². The molecule has 8 nitrogen and oxygen atoms in total. The second-order valence-electron chi connectivity index (χ2n) is 7.03. The molecule has 0 spiro atoms. The molecule has 1 aliphatic heterocycles. The molecule has 0 bridgehead atoms. The molecule has 1 aromatic carbocycles. The lowest BCUT2D eigenvalue weighted by atomic mass is 10.0. The van der Waals surface area contributed by atoms with E-state index in [4.69, 9.17) is 32.7 Å². The normalized spacial score (nSPS) is 13.8. The number of hydrogen-bond acceptors (Lipinski definition) is 6.